The van der Waals surface area contributed by atoms with Crippen molar-refractivity contribution >= 4 is 50.5 Å². The zero-order chi connectivity index (χ0) is 25.9. The summed E-state index contributed by atoms with van der Waals surface area (Å²) in [5.74, 6) is 0.684. The van der Waals surface area contributed by atoms with Gasteiger partial charge in [-0.15, -0.1) is 0 Å². The van der Waals surface area contributed by atoms with E-state index in [-0.39, 0.29) is 5.91 Å². The number of nitrogens with zero attached hydrogens (tertiary/aromatic N) is 2. The molecule has 7 heteroatoms. The van der Waals surface area contributed by atoms with Gasteiger partial charge in [0.15, 0.2) is 5.17 Å². The number of carbonyl (C=O) groups excluding carboxylic acids is 1. The Morgan fingerprint density at radius 2 is 1.68 bits per heavy atom. The fourth-order valence-corrected chi connectivity index (χ4v) is 5.23. The maximum atomic E-state index is 12.6. The molecule has 1 aliphatic heterocycles. The molecule has 0 radical (unpaired) electrons. The predicted molar refractivity (Wildman–Crippen MR) is 156 cm³/mol. The number of thioether (sulfide) groups is 1. The summed E-state index contributed by atoms with van der Waals surface area (Å²) in [7, 11) is 0. The molecule has 1 N–H and O–H groups in total. The van der Waals surface area contributed by atoms with E-state index in [2.05, 4.69) is 62.9 Å². The van der Waals surface area contributed by atoms with Crippen LogP contribution in [0.1, 0.15) is 28.1 Å². The van der Waals surface area contributed by atoms with Crippen molar-refractivity contribution in [2.75, 3.05) is 0 Å². The van der Waals surface area contributed by atoms with Gasteiger partial charge in [0, 0.05) is 21.5 Å². The van der Waals surface area contributed by atoms with E-state index in [0.717, 1.165) is 44.1 Å². The lowest BCUT2D eigenvalue weighted by molar-refractivity contribution is -0.115. The highest BCUT2D eigenvalue weighted by Gasteiger charge is 2.24. The van der Waals surface area contributed by atoms with Crippen LogP contribution >= 0.6 is 27.7 Å². The van der Waals surface area contributed by atoms with Crippen molar-refractivity contribution in [3.8, 4) is 11.4 Å². The van der Waals surface area contributed by atoms with E-state index < -0.39 is 0 Å². The molecular formula is C30H26BrN3O2S. The van der Waals surface area contributed by atoms with Crippen molar-refractivity contribution in [3.63, 3.8) is 0 Å². The SMILES string of the molecule is Cc1ccc(N=C2NC(=O)C(=Cc3cc(C)n(-c4ccc(OCc5ccc(Br)cc5)cc4)c3C)S2)cc1. The van der Waals surface area contributed by atoms with Crippen molar-refractivity contribution in [2.24, 2.45) is 4.99 Å². The topological polar surface area (TPSA) is 55.6 Å². The summed E-state index contributed by atoms with van der Waals surface area (Å²) in [6, 6.07) is 26.2. The molecule has 0 aliphatic carbocycles. The number of rotatable bonds is 6. The Labute approximate surface area is 229 Å². The molecule has 1 aliphatic rings. The first-order valence-corrected chi connectivity index (χ1v) is 13.5. The van der Waals surface area contributed by atoms with Gasteiger partial charge in [-0.05, 0) is 104 Å². The van der Waals surface area contributed by atoms with Crippen LogP contribution in [0.3, 0.4) is 0 Å². The monoisotopic (exact) mass is 571 g/mol. The fraction of sp³-hybridized carbons (Fsp3) is 0.133. The van der Waals surface area contributed by atoms with Crippen LogP contribution in [0.25, 0.3) is 11.8 Å². The quantitative estimate of drug-likeness (QED) is 0.242. The van der Waals surface area contributed by atoms with Crippen LogP contribution < -0.4 is 10.1 Å². The van der Waals surface area contributed by atoms with Crippen LogP contribution in [0.4, 0.5) is 5.69 Å². The van der Waals surface area contributed by atoms with Gasteiger partial charge >= 0.3 is 0 Å². The van der Waals surface area contributed by atoms with Crippen LogP contribution in [-0.4, -0.2) is 15.6 Å². The number of aryl methyl sites for hydroxylation is 2. The molecule has 37 heavy (non-hydrogen) atoms. The third-order valence-corrected chi connectivity index (χ3v) is 7.52. The number of aromatic nitrogens is 1. The Morgan fingerprint density at radius 3 is 2.38 bits per heavy atom. The number of amidine groups is 1. The maximum absolute atomic E-state index is 12.6. The minimum absolute atomic E-state index is 0.132. The van der Waals surface area contributed by atoms with Crippen molar-refractivity contribution in [3.05, 3.63) is 116 Å². The maximum Gasteiger partial charge on any atom is 0.264 e. The molecule has 0 bridgehead atoms. The number of benzene rings is 3. The molecule has 186 valence electrons. The van der Waals surface area contributed by atoms with E-state index in [9.17, 15) is 4.79 Å². The number of halogens is 1. The molecule has 0 atom stereocenters. The number of aliphatic imine (C=N–C) groups is 1. The standard InChI is InChI=1S/C30H26BrN3O2S/c1-19-4-10-25(11-5-19)32-30-33-29(35)28(37-30)17-23-16-20(2)34(21(23)3)26-12-14-27(15-13-26)36-18-22-6-8-24(31)9-7-22/h4-17H,18H2,1-3H3,(H,32,33,35). The molecule has 4 aromatic rings. The van der Waals surface area contributed by atoms with E-state index in [4.69, 9.17) is 4.74 Å². The summed E-state index contributed by atoms with van der Waals surface area (Å²) in [6.07, 6.45) is 1.94. The highest BCUT2D eigenvalue weighted by atomic mass is 79.9. The van der Waals surface area contributed by atoms with Crippen LogP contribution in [0, 0.1) is 20.8 Å². The second-order valence-corrected chi connectivity index (χ2v) is 10.8. The molecule has 0 unspecified atom stereocenters. The van der Waals surface area contributed by atoms with Gasteiger partial charge in [-0.2, -0.15) is 0 Å². The highest BCUT2D eigenvalue weighted by Crippen LogP contribution is 2.31. The number of hydrogen-bond acceptors (Lipinski definition) is 4. The van der Waals surface area contributed by atoms with Crippen LogP contribution in [0.15, 0.2) is 93.2 Å². The molecule has 2 heterocycles. The molecule has 0 saturated carbocycles. The van der Waals surface area contributed by atoms with Crippen LogP contribution in [-0.2, 0) is 11.4 Å². The minimum atomic E-state index is -0.132. The van der Waals surface area contributed by atoms with Gasteiger partial charge in [-0.25, -0.2) is 4.99 Å². The number of carbonyl (C=O) groups is 1. The van der Waals surface area contributed by atoms with E-state index in [1.54, 1.807) is 0 Å². The third-order valence-electron chi connectivity index (χ3n) is 6.09. The van der Waals surface area contributed by atoms with Gasteiger partial charge < -0.3 is 14.6 Å². The van der Waals surface area contributed by atoms with Crippen molar-refractivity contribution in [1.29, 1.82) is 0 Å². The summed E-state index contributed by atoms with van der Waals surface area (Å²) >= 11 is 4.82. The summed E-state index contributed by atoms with van der Waals surface area (Å²) in [4.78, 5) is 17.8. The van der Waals surface area contributed by atoms with Gasteiger partial charge in [-0.1, -0.05) is 45.8 Å². The Balaban J connectivity index is 1.31. The molecule has 1 saturated heterocycles. The third kappa shape index (κ3) is 5.89. The Kier molecular flexibility index (Phi) is 7.35. The van der Waals surface area contributed by atoms with E-state index in [1.807, 2.05) is 73.7 Å². The lowest BCUT2D eigenvalue weighted by Crippen LogP contribution is -2.19. The number of amides is 1. The molecule has 5 rings (SSSR count). The summed E-state index contributed by atoms with van der Waals surface area (Å²) < 4.78 is 9.19. The summed E-state index contributed by atoms with van der Waals surface area (Å²) in [6.45, 7) is 6.68. The average molecular weight is 573 g/mol. The highest BCUT2D eigenvalue weighted by molar-refractivity contribution is 9.10. The molecule has 1 fully saturated rings. The van der Waals surface area contributed by atoms with Crippen molar-refractivity contribution in [2.45, 2.75) is 27.4 Å². The summed E-state index contributed by atoms with van der Waals surface area (Å²) in [5.41, 5.74) is 7.30. The minimum Gasteiger partial charge on any atom is -0.489 e. The molecular weight excluding hydrogens is 546 g/mol. The molecule has 5 nitrogen and oxygen atoms in total. The zero-order valence-corrected chi connectivity index (χ0v) is 23.2. The zero-order valence-electron chi connectivity index (χ0n) is 20.8. The summed E-state index contributed by atoms with van der Waals surface area (Å²) in [5, 5.41) is 3.47. The fourth-order valence-electron chi connectivity index (χ4n) is 4.13. The average Bonchev–Trinajstić information content (AvgIpc) is 3.37. The van der Waals surface area contributed by atoms with E-state index in [0.29, 0.717) is 16.7 Å². The van der Waals surface area contributed by atoms with Gasteiger partial charge in [0.25, 0.3) is 5.91 Å². The molecule has 1 amide bonds. The first kappa shape index (κ1) is 25.1. The number of ether oxygens (including phenoxy) is 1. The van der Waals surface area contributed by atoms with Gasteiger partial charge in [-0.3, -0.25) is 4.79 Å². The van der Waals surface area contributed by atoms with Crippen LogP contribution in [0.5, 0.6) is 5.75 Å². The Bertz CT molecular complexity index is 1500. The van der Waals surface area contributed by atoms with Gasteiger partial charge in [0.2, 0.25) is 0 Å². The van der Waals surface area contributed by atoms with Crippen molar-refractivity contribution in [1.82, 2.24) is 9.88 Å². The second kappa shape index (κ2) is 10.8. The first-order valence-electron chi connectivity index (χ1n) is 11.9. The number of nitrogens with one attached hydrogen (secondary N) is 1. The molecule has 0 spiro atoms. The Hall–Kier alpha value is -3.55. The first-order chi connectivity index (χ1) is 17.9. The lowest BCUT2D eigenvalue weighted by Gasteiger charge is -2.11. The smallest absolute Gasteiger partial charge is 0.264 e. The second-order valence-electron chi connectivity index (χ2n) is 8.89. The van der Waals surface area contributed by atoms with Crippen LogP contribution in [0.2, 0.25) is 0 Å². The predicted octanol–water partition coefficient (Wildman–Crippen LogP) is 7.64. The molecule has 3 aromatic carbocycles. The largest absolute Gasteiger partial charge is 0.489 e. The van der Waals surface area contributed by atoms with E-state index >= 15 is 0 Å². The van der Waals surface area contributed by atoms with E-state index in [1.165, 1.54) is 17.3 Å². The number of hydrogen-bond donors (Lipinski definition) is 1. The normalized spacial score (nSPS) is 15.4. The Morgan fingerprint density at radius 1 is 0.973 bits per heavy atom. The molecule has 1 aromatic heterocycles. The lowest BCUT2D eigenvalue weighted by atomic mass is 10.2. The van der Waals surface area contributed by atoms with Gasteiger partial charge in [0.05, 0.1) is 10.6 Å². The van der Waals surface area contributed by atoms with Gasteiger partial charge in [0.1, 0.15) is 12.4 Å². The van der Waals surface area contributed by atoms with Crippen molar-refractivity contribution < 1.29 is 9.53 Å².